The maximum atomic E-state index is 14.6. The molecule has 158 valence electrons. The van der Waals surface area contributed by atoms with Gasteiger partial charge >= 0.3 is 6.18 Å². The number of terminal acetylenes is 1. The van der Waals surface area contributed by atoms with Gasteiger partial charge in [-0.15, -0.1) is 6.42 Å². The van der Waals surface area contributed by atoms with Crippen LogP contribution in [0.25, 0.3) is 11.1 Å². The van der Waals surface area contributed by atoms with Gasteiger partial charge in [0, 0.05) is 16.8 Å². The van der Waals surface area contributed by atoms with Gasteiger partial charge in [-0.25, -0.2) is 13.8 Å². The second-order valence-corrected chi connectivity index (χ2v) is 6.67. The molecule has 1 aromatic heterocycles. The molecule has 10 heteroatoms. The van der Waals surface area contributed by atoms with Crippen molar-refractivity contribution in [2.75, 3.05) is 11.1 Å². The molecule has 0 fully saturated rings. The molecule has 31 heavy (non-hydrogen) atoms. The van der Waals surface area contributed by atoms with Crippen molar-refractivity contribution in [3.8, 4) is 23.5 Å². The number of hydrogen-bond donors (Lipinski definition) is 2. The maximum Gasteiger partial charge on any atom is 0.419 e. The molecule has 0 unspecified atom stereocenters. The zero-order chi connectivity index (χ0) is 22.9. The fourth-order valence-corrected chi connectivity index (χ4v) is 3.02. The molecule has 0 spiro atoms. The Bertz CT molecular complexity index is 1230. The van der Waals surface area contributed by atoms with Gasteiger partial charge in [0.15, 0.2) is 0 Å². The first-order valence-corrected chi connectivity index (χ1v) is 8.78. The number of alkyl halides is 3. The summed E-state index contributed by atoms with van der Waals surface area (Å²) in [6.45, 7) is 0. The Morgan fingerprint density at radius 1 is 1.13 bits per heavy atom. The third-order valence-electron chi connectivity index (χ3n) is 4.19. The summed E-state index contributed by atoms with van der Waals surface area (Å²) in [7, 11) is 0. The van der Waals surface area contributed by atoms with Gasteiger partial charge in [0.25, 0.3) is 5.91 Å². The molecule has 3 N–H and O–H groups in total. The second kappa shape index (κ2) is 8.24. The Labute approximate surface area is 177 Å². The SMILES string of the molecule is C#Cc1ncc(NC(=O)c2cc(F)c(-c3ccc(F)cc3N)cc2Cl)cc1C(F)(F)F. The van der Waals surface area contributed by atoms with Crippen LogP contribution in [0.15, 0.2) is 42.6 Å². The first-order chi connectivity index (χ1) is 14.5. The number of aromatic nitrogens is 1. The van der Waals surface area contributed by atoms with Gasteiger partial charge < -0.3 is 11.1 Å². The summed E-state index contributed by atoms with van der Waals surface area (Å²) in [5.41, 5.74) is 3.19. The predicted octanol–water partition coefficient (Wildman–Crippen LogP) is 5.51. The number of anilines is 2. The molecular weight excluding hydrogens is 441 g/mol. The summed E-state index contributed by atoms with van der Waals surface area (Å²) in [5, 5.41) is 1.97. The molecule has 0 bridgehead atoms. The van der Waals surface area contributed by atoms with Gasteiger partial charge in [-0.05, 0) is 42.3 Å². The van der Waals surface area contributed by atoms with Crippen molar-refractivity contribution in [2.45, 2.75) is 6.18 Å². The minimum atomic E-state index is -4.80. The van der Waals surface area contributed by atoms with Crippen molar-refractivity contribution >= 4 is 28.9 Å². The second-order valence-electron chi connectivity index (χ2n) is 6.26. The highest BCUT2D eigenvalue weighted by Gasteiger charge is 2.34. The summed E-state index contributed by atoms with van der Waals surface area (Å²) in [5.74, 6) is -0.686. The van der Waals surface area contributed by atoms with Gasteiger partial charge in [-0.1, -0.05) is 11.6 Å². The molecule has 0 aliphatic carbocycles. The Morgan fingerprint density at radius 3 is 2.45 bits per heavy atom. The zero-order valence-electron chi connectivity index (χ0n) is 15.3. The largest absolute Gasteiger partial charge is 0.419 e. The molecule has 0 atom stereocenters. The smallest absolute Gasteiger partial charge is 0.398 e. The Hall–Kier alpha value is -3.64. The van der Waals surface area contributed by atoms with Crippen LogP contribution in [0, 0.1) is 24.0 Å². The van der Waals surface area contributed by atoms with E-state index in [2.05, 4.69) is 10.3 Å². The standard InChI is InChI=1S/C21H11ClF5N3O/c1-2-19-15(21(25,26)27)6-11(9-29-19)30-20(31)14-8-17(24)13(7-16(14)22)12-4-3-10(23)5-18(12)28/h1,3-9H,28H2,(H,30,31). The van der Waals surface area contributed by atoms with E-state index >= 15 is 0 Å². The van der Waals surface area contributed by atoms with Crippen molar-refractivity contribution in [2.24, 2.45) is 0 Å². The Morgan fingerprint density at radius 2 is 1.84 bits per heavy atom. The molecule has 1 heterocycles. The molecule has 0 saturated carbocycles. The molecule has 0 aliphatic rings. The van der Waals surface area contributed by atoms with Gasteiger partial charge in [-0.3, -0.25) is 4.79 Å². The monoisotopic (exact) mass is 451 g/mol. The van der Waals surface area contributed by atoms with Gasteiger partial charge in [0.2, 0.25) is 0 Å². The molecule has 4 nitrogen and oxygen atoms in total. The first kappa shape index (κ1) is 22.1. The summed E-state index contributed by atoms with van der Waals surface area (Å²) < 4.78 is 67.2. The van der Waals surface area contributed by atoms with Crippen LogP contribution in [0.4, 0.5) is 33.3 Å². The van der Waals surface area contributed by atoms with E-state index in [0.717, 1.165) is 30.5 Å². The van der Waals surface area contributed by atoms with Crippen LogP contribution in [-0.4, -0.2) is 10.9 Å². The number of nitrogen functional groups attached to an aromatic ring is 1. The van der Waals surface area contributed by atoms with E-state index < -0.39 is 35.0 Å². The number of benzene rings is 2. The molecule has 2 aromatic carbocycles. The highest BCUT2D eigenvalue weighted by molar-refractivity contribution is 6.34. The zero-order valence-corrected chi connectivity index (χ0v) is 16.1. The number of carbonyl (C=O) groups excluding carboxylic acids is 1. The molecule has 0 saturated heterocycles. The Kier molecular flexibility index (Phi) is 5.86. The number of hydrogen-bond acceptors (Lipinski definition) is 3. The Balaban J connectivity index is 1.95. The van der Waals surface area contributed by atoms with E-state index in [0.29, 0.717) is 6.07 Å². The van der Waals surface area contributed by atoms with E-state index in [4.69, 9.17) is 23.8 Å². The highest BCUT2D eigenvalue weighted by Crippen LogP contribution is 2.34. The highest BCUT2D eigenvalue weighted by atomic mass is 35.5. The first-order valence-electron chi connectivity index (χ1n) is 8.41. The third kappa shape index (κ3) is 4.59. The van der Waals surface area contributed by atoms with Crippen LogP contribution in [0.5, 0.6) is 0 Å². The molecule has 3 aromatic rings. The summed E-state index contributed by atoms with van der Waals surface area (Å²) in [6.07, 6.45) is 1.15. The van der Waals surface area contributed by atoms with Crippen molar-refractivity contribution in [3.05, 3.63) is 76.1 Å². The van der Waals surface area contributed by atoms with E-state index in [9.17, 15) is 26.7 Å². The predicted molar refractivity (Wildman–Crippen MR) is 106 cm³/mol. The summed E-state index contributed by atoms with van der Waals surface area (Å²) in [4.78, 5) is 16.0. The van der Waals surface area contributed by atoms with Crippen molar-refractivity contribution in [1.82, 2.24) is 4.98 Å². The number of halogens is 6. The fraction of sp³-hybridized carbons (Fsp3) is 0.0476. The number of nitrogens with one attached hydrogen (secondary N) is 1. The summed E-state index contributed by atoms with van der Waals surface area (Å²) in [6, 6.07) is 5.83. The number of nitrogens with zero attached hydrogens (tertiary/aromatic N) is 1. The third-order valence-corrected chi connectivity index (χ3v) is 4.51. The average molecular weight is 452 g/mol. The number of rotatable bonds is 3. The lowest BCUT2D eigenvalue weighted by Gasteiger charge is -2.13. The van der Waals surface area contributed by atoms with E-state index in [1.807, 2.05) is 5.92 Å². The topological polar surface area (TPSA) is 68.0 Å². The minimum absolute atomic E-state index is 0.0495. The van der Waals surface area contributed by atoms with Crippen molar-refractivity contribution in [3.63, 3.8) is 0 Å². The molecule has 0 aliphatic heterocycles. The molecule has 3 rings (SSSR count). The van der Waals surface area contributed by atoms with Crippen LogP contribution in [0.2, 0.25) is 5.02 Å². The lowest BCUT2D eigenvalue weighted by molar-refractivity contribution is -0.138. The van der Waals surface area contributed by atoms with Crippen molar-refractivity contribution < 1.29 is 26.7 Å². The van der Waals surface area contributed by atoms with Crippen LogP contribution >= 0.6 is 11.6 Å². The van der Waals surface area contributed by atoms with Crippen LogP contribution in [0.3, 0.4) is 0 Å². The molecular formula is C21H11ClF5N3O. The van der Waals surface area contributed by atoms with E-state index in [-0.39, 0.29) is 33.1 Å². The van der Waals surface area contributed by atoms with Crippen LogP contribution in [0.1, 0.15) is 21.6 Å². The van der Waals surface area contributed by atoms with Gasteiger partial charge in [0.1, 0.15) is 17.3 Å². The van der Waals surface area contributed by atoms with Crippen molar-refractivity contribution in [1.29, 1.82) is 0 Å². The number of nitrogens with two attached hydrogens (primary N) is 1. The normalized spacial score (nSPS) is 11.1. The maximum absolute atomic E-state index is 14.6. The molecule has 0 radical (unpaired) electrons. The van der Waals surface area contributed by atoms with E-state index in [1.165, 1.54) is 6.07 Å². The lowest BCUT2D eigenvalue weighted by atomic mass is 10.0. The van der Waals surface area contributed by atoms with Crippen LogP contribution in [-0.2, 0) is 6.18 Å². The number of carbonyl (C=O) groups is 1. The number of amides is 1. The fourth-order valence-electron chi connectivity index (χ4n) is 2.77. The molecule has 1 amide bonds. The quantitative estimate of drug-likeness (QED) is 0.313. The van der Waals surface area contributed by atoms with Gasteiger partial charge in [0.05, 0.1) is 28.0 Å². The average Bonchev–Trinajstić information content (AvgIpc) is 2.69. The lowest BCUT2D eigenvalue weighted by Crippen LogP contribution is -2.16. The minimum Gasteiger partial charge on any atom is -0.398 e. The van der Waals surface area contributed by atoms with E-state index in [1.54, 1.807) is 0 Å². The van der Waals surface area contributed by atoms with Crippen LogP contribution < -0.4 is 11.1 Å². The summed E-state index contributed by atoms with van der Waals surface area (Å²) >= 11 is 6.08. The number of pyridine rings is 1. The van der Waals surface area contributed by atoms with Gasteiger partial charge in [-0.2, -0.15) is 13.2 Å².